The number of anilines is 2. The van der Waals surface area contributed by atoms with Gasteiger partial charge in [0.05, 0.1) is 5.56 Å². The van der Waals surface area contributed by atoms with Crippen molar-refractivity contribution in [2.24, 2.45) is 5.84 Å². The summed E-state index contributed by atoms with van der Waals surface area (Å²) in [5.41, 5.74) is 1.46. The highest BCUT2D eigenvalue weighted by Gasteiger charge is 2.32. The van der Waals surface area contributed by atoms with Gasteiger partial charge >= 0.3 is 6.18 Å². The van der Waals surface area contributed by atoms with Gasteiger partial charge in [-0.3, -0.25) is 0 Å². The van der Waals surface area contributed by atoms with Crippen LogP contribution in [0.4, 0.5) is 24.8 Å². The first-order valence-electron chi connectivity index (χ1n) is 6.24. The molecule has 19 heavy (non-hydrogen) atoms. The molecular weight excluding hydrogens is 257 g/mol. The fourth-order valence-electron chi connectivity index (χ4n) is 2.34. The van der Waals surface area contributed by atoms with Gasteiger partial charge in [0.2, 0.25) is 0 Å². The molecule has 1 atom stereocenters. The van der Waals surface area contributed by atoms with Crippen molar-refractivity contribution in [1.29, 1.82) is 0 Å². The normalized spacial score (nSPS) is 20.5. The molecule has 0 radical (unpaired) electrons. The minimum absolute atomic E-state index is 0.0302. The summed E-state index contributed by atoms with van der Waals surface area (Å²) >= 11 is 0. The Kier molecular flexibility index (Phi) is 3.84. The summed E-state index contributed by atoms with van der Waals surface area (Å²) in [6.45, 7) is 2.72. The third-order valence-corrected chi connectivity index (χ3v) is 3.38. The van der Waals surface area contributed by atoms with Gasteiger partial charge in [-0.05, 0) is 38.3 Å². The van der Waals surface area contributed by atoms with Gasteiger partial charge in [0.25, 0.3) is 0 Å². The zero-order valence-electron chi connectivity index (χ0n) is 10.7. The van der Waals surface area contributed by atoms with Crippen molar-refractivity contribution >= 4 is 11.6 Å². The van der Waals surface area contributed by atoms with Crippen molar-refractivity contribution in [2.45, 2.75) is 38.4 Å². The molecule has 4 nitrogen and oxygen atoms in total. The van der Waals surface area contributed by atoms with Gasteiger partial charge in [0.1, 0.15) is 11.6 Å². The van der Waals surface area contributed by atoms with Crippen molar-refractivity contribution in [1.82, 2.24) is 4.98 Å². The maximum Gasteiger partial charge on any atom is 0.416 e. The molecule has 1 saturated heterocycles. The monoisotopic (exact) mass is 274 g/mol. The second-order valence-corrected chi connectivity index (χ2v) is 4.78. The molecule has 0 saturated carbocycles. The first kappa shape index (κ1) is 13.9. The smallest absolute Gasteiger partial charge is 0.354 e. The third-order valence-electron chi connectivity index (χ3n) is 3.38. The van der Waals surface area contributed by atoms with Crippen LogP contribution in [0.15, 0.2) is 12.1 Å². The SMILES string of the molecule is CC1CCCCN1c1cc(C(F)(F)F)cc(NN)n1. The number of hydrogen-bond acceptors (Lipinski definition) is 4. The Morgan fingerprint density at radius 2 is 2.11 bits per heavy atom. The van der Waals surface area contributed by atoms with Gasteiger partial charge < -0.3 is 10.3 Å². The number of halogens is 3. The van der Waals surface area contributed by atoms with Crippen LogP contribution < -0.4 is 16.2 Å². The minimum atomic E-state index is -4.40. The number of rotatable bonds is 2. The Morgan fingerprint density at radius 1 is 1.37 bits per heavy atom. The summed E-state index contributed by atoms with van der Waals surface area (Å²) in [6, 6.07) is 2.19. The lowest BCUT2D eigenvalue weighted by Crippen LogP contribution is -2.38. The zero-order chi connectivity index (χ0) is 14.0. The number of nitrogens with zero attached hydrogens (tertiary/aromatic N) is 2. The Balaban J connectivity index is 2.39. The Hall–Kier alpha value is -1.50. The van der Waals surface area contributed by atoms with Crippen LogP contribution in [0.1, 0.15) is 31.7 Å². The summed E-state index contributed by atoms with van der Waals surface area (Å²) in [5.74, 6) is 5.56. The van der Waals surface area contributed by atoms with Crippen LogP contribution >= 0.6 is 0 Å². The number of hydrazine groups is 1. The molecule has 1 fully saturated rings. The topological polar surface area (TPSA) is 54.2 Å². The van der Waals surface area contributed by atoms with Crippen molar-refractivity contribution < 1.29 is 13.2 Å². The highest BCUT2D eigenvalue weighted by molar-refractivity contribution is 5.51. The van der Waals surface area contributed by atoms with Crippen LogP contribution in [-0.2, 0) is 6.18 Å². The first-order chi connectivity index (χ1) is 8.91. The molecule has 0 bridgehead atoms. The van der Waals surface area contributed by atoms with E-state index in [1.165, 1.54) is 0 Å². The maximum absolute atomic E-state index is 12.8. The lowest BCUT2D eigenvalue weighted by Gasteiger charge is -2.34. The molecule has 106 valence electrons. The number of aromatic nitrogens is 1. The highest BCUT2D eigenvalue weighted by Crippen LogP contribution is 2.34. The van der Waals surface area contributed by atoms with E-state index in [-0.39, 0.29) is 11.9 Å². The second-order valence-electron chi connectivity index (χ2n) is 4.78. The van der Waals surface area contributed by atoms with Gasteiger partial charge in [-0.1, -0.05) is 0 Å². The average molecular weight is 274 g/mol. The number of pyridine rings is 1. The zero-order valence-corrected chi connectivity index (χ0v) is 10.7. The van der Waals surface area contributed by atoms with Crippen LogP contribution in [0.25, 0.3) is 0 Å². The van der Waals surface area contributed by atoms with E-state index in [9.17, 15) is 13.2 Å². The van der Waals surface area contributed by atoms with E-state index in [0.717, 1.165) is 37.9 Å². The van der Waals surface area contributed by atoms with Crippen LogP contribution in [0, 0.1) is 0 Å². The van der Waals surface area contributed by atoms with Gasteiger partial charge in [0.15, 0.2) is 0 Å². The van der Waals surface area contributed by atoms with E-state index in [0.29, 0.717) is 5.82 Å². The van der Waals surface area contributed by atoms with Crippen LogP contribution in [0.5, 0.6) is 0 Å². The van der Waals surface area contributed by atoms with E-state index < -0.39 is 11.7 Å². The first-order valence-corrected chi connectivity index (χ1v) is 6.24. The number of nitrogen functional groups attached to an aromatic ring is 1. The highest BCUT2D eigenvalue weighted by atomic mass is 19.4. The summed E-state index contributed by atoms with van der Waals surface area (Å²) in [5, 5.41) is 0. The standard InChI is InChI=1S/C12H17F3N4/c1-8-4-2-3-5-19(8)11-7-9(12(13,14)15)6-10(17-11)18-16/h6-8H,2-5,16H2,1H3,(H,17,18). The Bertz CT molecular complexity index is 447. The number of piperidine rings is 1. The molecule has 3 N–H and O–H groups in total. The van der Waals surface area contributed by atoms with Gasteiger partial charge in [-0.2, -0.15) is 13.2 Å². The fourth-order valence-corrected chi connectivity index (χ4v) is 2.34. The minimum Gasteiger partial charge on any atom is -0.354 e. The number of alkyl halides is 3. The fraction of sp³-hybridized carbons (Fsp3) is 0.583. The molecule has 7 heteroatoms. The van der Waals surface area contributed by atoms with E-state index in [1.807, 2.05) is 11.8 Å². The molecule has 1 aliphatic heterocycles. The lowest BCUT2D eigenvalue weighted by molar-refractivity contribution is -0.137. The van der Waals surface area contributed by atoms with E-state index in [4.69, 9.17) is 5.84 Å². The Labute approximate surface area is 109 Å². The lowest BCUT2D eigenvalue weighted by atomic mass is 10.0. The van der Waals surface area contributed by atoms with Crippen molar-refractivity contribution in [3.8, 4) is 0 Å². The molecule has 2 rings (SSSR count). The summed E-state index contributed by atoms with van der Waals surface area (Å²) in [7, 11) is 0. The van der Waals surface area contributed by atoms with Crippen LogP contribution in [0.3, 0.4) is 0 Å². The number of nitrogens with one attached hydrogen (secondary N) is 1. The predicted molar refractivity (Wildman–Crippen MR) is 67.7 cm³/mol. The molecule has 0 spiro atoms. The van der Waals surface area contributed by atoms with E-state index >= 15 is 0 Å². The van der Waals surface area contributed by atoms with E-state index in [2.05, 4.69) is 10.4 Å². The van der Waals surface area contributed by atoms with Crippen molar-refractivity contribution in [3.63, 3.8) is 0 Å². The molecule has 0 aromatic carbocycles. The molecule has 1 aromatic heterocycles. The second kappa shape index (κ2) is 5.24. The summed E-state index contributed by atoms with van der Waals surface area (Å²) < 4.78 is 38.5. The number of hydrogen-bond donors (Lipinski definition) is 2. The Morgan fingerprint density at radius 3 is 2.68 bits per heavy atom. The van der Waals surface area contributed by atoms with Gasteiger partial charge in [0, 0.05) is 12.6 Å². The van der Waals surface area contributed by atoms with Gasteiger partial charge in [-0.15, -0.1) is 0 Å². The molecule has 1 aliphatic rings. The summed E-state index contributed by atoms with van der Waals surface area (Å²) in [6.07, 6.45) is -1.38. The molecule has 0 amide bonds. The third kappa shape index (κ3) is 3.09. The molecule has 1 aromatic rings. The predicted octanol–water partition coefficient (Wildman–Crippen LogP) is 2.76. The molecular formula is C12H17F3N4. The molecule has 1 unspecified atom stereocenters. The van der Waals surface area contributed by atoms with Crippen LogP contribution in [-0.4, -0.2) is 17.6 Å². The molecule has 0 aliphatic carbocycles. The van der Waals surface area contributed by atoms with Crippen LogP contribution in [0.2, 0.25) is 0 Å². The molecule has 2 heterocycles. The van der Waals surface area contributed by atoms with Gasteiger partial charge in [-0.25, -0.2) is 10.8 Å². The van der Waals surface area contributed by atoms with E-state index in [1.54, 1.807) is 0 Å². The van der Waals surface area contributed by atoms with Crippen molar-refractivity contribution in [3.05, 3.63) is 17.7 Å². The largest absolute Gasteiger partial charge is 0.416 e. The number of nitrogens with two attached hydrogens (primary N) is 1. The quantitative estimate of drug-likeness (QED) is 0.643. The maximum atomic E-state index is 12.8. The van der Waals surface area contributed by atoms with Crippen molar-refractivity contribution in [2.75, 3.05) is 16.9 Å². The average Bonchev–Trinajstić information content (AvgIpc) is 2.37. The summed E-state index contributed by atoms with van der Waals surface area (Å²) in [4.78, 5) is 6.03.